The molecule has 222 valence electrons. The zero-order chi connectivity index (χ0) is 31.0. The maximum atomic E-state index is 13.7. The molecule has 10 heteroatoms. The number of halogens is 2. The Morgan fingerprint density at radius 3 is 2.40 bits per heavy atom. The summed E-state index contributed by atoms with van der Waals surface area (Å²) in [4.78, 5) is 28.6. The molecule has 0 saturated carbocycles. The summed E-state index contributed by atoms with van der Waals surface area (Å²) >= 11 is 13.1. The van der Waals surface area contributed by atoms with Crippen LogP contribution < -0.4 is 10.1 Å². The molecule has 0 atom stereocenters. The molecule has 5 aromatic rings. The van der Waals surface area contributed by atoms with Crippen molar-refractivity contribution in [2.24, 2.45) is 7.05 Å². The highest BCUT2D eigenvalue weighted by Gasteiger charge is 2.24. The lowest BCUT2D eigenvalue weighted by Crippen LogP contribution is -2.15. The molecule has 0 aliphatic heterocycles. The molecule has 2 aromatic heterocycles. The molecule has 3 N–H and O–H groups in total. The van der Waals surface area contributed by atoms with E-state index in [4.69, 9.17) is 27.9 Å². The highest BCUT2D eigenvalue weighted by molar-refractivity contribution is 6.35. The van der Waals surface area contributed by atoms with Crippen LogP contribution in [0, 0.1) is 27.7 Å². The summed E-state index contributed by atoms with van der Waals surface area (Å²) in [7, 11) is 1.88. The highest BCUT2D eigenvalue weighted by atomic mass is 35.5. The van der Waals surface area contributed by atoms with Crippen molar-refractivity contribution in [1.29, 1.82) is 0 Å². The Bertz CT molecular complexity index is 1870. The van der Waals surface area contributed by atoms with Crippen LogP contribution in [0.15, 0.2) is 48.5 Å². The van der Waals surface area contributed by atoms with Crippen LogP contribution in [0.1, 0.15) is 55.3 Å². The fourth-order valence-corrected chi connectivity index (χ4v) is 5.84. The number of ether oxygens (including phenoxy) is 1. The van der Waals surface area contributed by atoms with E-state index in [1.165, 1.54) is 12.1 Å². The number of benzene rings is 3. The van der Waals surface area contributed by atoms with Gasteiger partial charge in [-0.15, -0.1) is 0 Å². The minimum atomic E-state index is -1.07. The quantitative estimate of drug-likeness (QED) is 0.145. The molecule has 0 spiro atoms. The number of aryl methyl sites for hydroxylation is 5. The summed E-state index contributed by atoms with van der Waals surface area (Å²) in [6.07, 6.45) is 1.17. The minimum absolute atomic E-state index is 0.0797. The predicted octanol–water partition coefficient (Wildman–Crippen LogP) is 8.07. The topological polar surface area (TPSA) is 109 Å². The van der Waals surface area contributed by atoms with Gasteiger partial charge in [0.1, 0.15) is 11.4 Å². The fraction of sp³-hybridized carbons (Fsp3) is 0.242. The third kappa shape index (κ3) is 5.98. The van der Waals surface area contributed by atoms with Crippen LogP contribution in [0.25, 0.3) is 22.0 Å². The van der Waals surface area contributed by atoms with Crippen molar-refractivity contribution in [3.63, 3.8) is 0 Å². The number of nitrogens with zero attached hydrogens (tertiary/aromatic N) is 2. The molecule has 0 saturated heterocycles. The molecule has 43 heavy (non-hydrogen) atoms. The van der Waals surface area contributed by atoms with Gasteiger partial charge in [0.05, 0.1) is 28.4 Å². The van der Waals surface area contributed by atoms with Crippen LogP contribution in [0.3, 0.4) is 0 Å². The van der Waals surface area contributed by atoms with Crippen molar-refractivity contribution < 1.29 is 19.4 Å². The number of aromatic nitrogens is 3. The van der Waals surface area contributed by atoms with E-state index in [0.29, 0.717) is 35.9 Å². The average Bonchev–Trinajstić information content (AvgIpc) is 3.45. The average molecular weight is 620 g/mol. The third-order valence-electron chi connectivity index (χ3n) is 7.63. The molecule has 0 aliphatic rings. The van der Waals surface area contributed by atoms with Gasteiger partial charge in [-0.2, -0.15) is 5.10 Å². The molecule has 8 nitrogen and oxygen atoms in total. The van der Waals surface area contributed by atoms with Crippen molar-refractivity contribution in [3.05, 3.63) is 97.9 Å². The molecule has 3 aromatic carbocycles. The second kappa shape index (κ2) is 12.1. The molecule has 2 heterocycles. The van der Waals surface area contributed by atoms with Gasteiger partial charge in [-0.1, -0.05) is 35.3 Å². The van der Waals surface area contributed by atoms with Crippen LogP contribution in [0.2, 0.25) is 10.0 Å². The molecule has 1 amide bonds. The Hall–Kier alpha value is -4.27. The largest absolute Gasteiger partial charge is 0.494 e. The SMILES string of the molecule is Cc1cc(OCCCc2c(C(=O)Nc3cccc(C(=O)O)c3)[nH]c3c(-c4c(C)nn(C)c4C)c(Cl)ccc23)cc(C)c1Cl. The summed E-state index contributed by atoms with van der Waals surface area (Å²) in [5.74, 6) is -0.721. The smallest absolute Gasteiger partial charge is 0.335 e. The third-order valence-corrected chi connectivity index (χ3v) is 8.55. The monoisotopic (exact) mass is 618 g/mol. The molecule has 0 unspecified atom stereocenters. The predicted molar refractivity (Wildman–Crippen MR) is 171 cm³/mol. The van der Waals surface area contributed by atoms with Gasteiger partial charge in [-0.05, 0) is 93.6 Å². The van der Waals surface area contributed by atoms with Gasteiger partial charge >= 0.3 is 5.97 Å². The lowest BCUT2D eigenvalue weighted by molar-refractivity contribution is 0.0696. The van der Waals surface area contributed by atoms with Crippen molar-refractivity contribution >= 4 is 51.7 Å². The first-order valence-corrected chi connectivity index (χ1v) is 14.6. The Kier molecular flexibility index (Phi) is 8.53. The number of aromatic amines is 1. The van der Waals surface area contributed by atoms with Gasteiger partial charge in [0.15, 0.2) is 0 Å². The van der Waals surface area contributed by atoms with E-state index in [1.807, 2.05) is 63.7 Å². The number of hydrogen-bond donors (Lipinski definition) is 3. The summed E-state index contributed by atoms with van der Waals surface area (Å²) in [5, 5.41) is 19.0. The summed E-state index contributed by atoms with van der Waals surface area (Å²) in [6.45, 7) is 8.23. The molecular weight excluding hydrogens is 587 g/mol. The van der Waals surface area contributed by atoms with E-state index in [2.05, 4.69) is 15.4 Å². The number of carboxylic acid groups (broad SMARTS) is 1. The Morgan fingerprint density at radius 2 is 1.74 bits per heavy atom. The van der Waals surface area contributed by atoms with Crippen molar-refractivity contribution in [2.75, 3.05) is 11.9 Å². The Balaban J connectivity index is 1.53. The number of H-pyrrole nitrogens is 1. The zero-order valence-electron chi connectivity index (χ0n) is 24.6. The Morgan fingerprint density at radius 1 is 1.02 bits per heavy atom. The number of nitrogens with one attached hydrogen (secondary N) is 2. The van der Waals surface area contributed by atoms with Crippen molar-refractivity contribution in [2.45, 2.75) is 40.5 Å². The second-order valence-corrected chi connectivity index (χ2v) is 11.4. The van der Waals surface area contributed by atoms with Crippen LogP contribution in [0.5, 0.6) is 5.75 Å². The summed E-state index contributed by atoms with van der Waals surface area (Å²) < 4.78 is 7.86. The van der Waals surface area contributed by atoms with Crippen LogP contribution in [-0.4, -0.2) is 38.4 Å². The summed E-state index contributed by atoms with van der Waals surface area (Å²) in [5.41, 5.74) is 7.72. The second-order valence-electron chi connectivity index (χ2n) is 10.7. The number of carbonyl (C=O) groups is 2. The number of carbonyl (C=O) groups excluding carboxylic acids is 1. The van der Waals surface area contributed by atoms with Gasteiger partial charge in [-0.3, -0.25) is 9.48 Å². The first-order chi connectivity index (χ1) is 20.5. The molecule has 5 rings (SSSR count). The summed E-state index contributed by atoms with van der Waals surface area (Å²) in [6, 6.07) is 13.7. The zero-order valence-corrected chi connectivity index (χ0v) is 26.1. The van der Waals surface area contributed by atoms with E-state index < -0.39 is 5.97 Å². The number of carboxylic acids is 1. The standard InChI is InChI=1S/C33H32Cl2N4O4/c1-17-14-23(15-18(2)29(17)35)43-13-7-10-24-25-11-12-26(34)28(27-19(3)38-39(5)20(27)4)30(25)37-31(24)32(40)36-22-9-6-8-21(16-22)33(41)42/h6,8-9,11-12,14-16,37H,7,10,13H2,1-5H3,(H,36,40)(H,41,42). The van der Waals surface area contributed by atoms with Gasteiger partial charge in [-0.25, -0.2) is 4.79 Å². The van der Waals surface area contributed by atoms with Crippen LogP contribution >= 0.6 is 23.2 Å². The van der Waals surface area contributed by atoms with Gasteiger partial charge in [0.25, 0.3) is 5.91 Å². The van der Waals surface area contributed by atoms with Crippen molar-refractivity contribution in [3.8, 4) is 16.9 Å². The van der Waals surface area contributed by atoms with Crippen molar-refractivity contribution in [1.82, 2.24) is 14.8 Å². The van der Waals surface area contributed by atoms with Crippen LogP contribution in [-0.2, 0) is 13.5 Å². The van der Waals surface area contributed by atoms with Gasteiger partial charge < -0.3 is 20.1 Å². The number of anilines is 1. The fourth-order valence-electron chi connectivity index (χ4n) is 5.48. The van der Waals surface area contributed by atoms with E-state index in [0.717, 1.165) is 60.9 Å². The molecular formula is C33H32Cl2N4O4. The van der Waals surface area contributed by atoms with Gasteiger partial charge in [0.2, 0.25) is 0 Å². The Labute approximate surface area is 259 Å². The number of hydrogen-bond acceptors (Lipinski definition) is 4. The minimum Gasteiger partial charge on any atom is -0.494 e. The maximum absolute atomic E-state index is 13.7. The van der Waals surface area contributed by atoms with Crippen LogP contribution in [0.4, 0.5) is 5.69 Å². The first-order valence-electron chi connectivity index (χ1n) is 13.8. The molecule has 0 radical (unpaired) electrons. The number of rotatable bonds is 9. The lowest BCUT2D eigenvalue weighted by atomic mass is 9.98. The van der Waals surface area contributed by atoms with E-state index in [9.17, 15) is 14.7 Å². The highest BCUT2D eigenvalue weighted by Crippen LogP contribution is 2.40. The number of aromatic carboxylic acids is 1. The van der Waals surface area contributed by atoms with E-state index in [-0.39, 0.29) is 11.5 Å². The number of amides is 1. The lowest BCUT2D eigenvalue weighted by Gasteiger charge is -2.11. The maximum Gasteiger partial charge on any atom is 0.335 e. The van der Waals surface area contributed by atoms with E-state index >= 15 is 0 Å². The normalized spacial score (nSPS) is 11.2. The first kappa shape index (κ1) is 30.2. The number of fused-ring (bicyclic) bond motifs is 1. The molecule has 0 fully saturated rings. The molecule has 0 aliphatic carbocycles. The molecule has 0 bridgehead atoms. The van der Waals surface area contributed by atoms with E-state index in [1.54, 1.807) is 12.1 Å². The van der Waals surface area contributed by atoms with Gasteiger partial charge in [0, 0.05) is 40.0 Å².